The Kier molecular flexibility index (Phi) is 3.11. The highest BCUT2D eigenvalue weighted by Crippen LogP contribution is 2.25. The summed E-state index contributed by atoms with van der Waals surface area (Å²) in [5.41, 5.74) is 5.05. The Morgan fingerprint density at radius 3 is 2.73 bits per heavy atom. The van der Waals surface area contributed by atoms with Gasteiger partial charge in [0.15, 0.2) is 0 Å². The highest BCUT2D eigenvalue weighted by Gasteiger charge is 2.03. The van der Waals surface area contributed by atoms with Crippen LogP contribution in [-0.4, -0.2) is 4.98 Å². The number of aryl methyl sites for hydroxylation is 1. The molecule has 0 amide bonds. The van der Waals surface area contributed by atoms with Crippen molar-refractivity contribution in [2.75, 3.05) is 0 Å². The molecular weight excluding hydrogens is 206 g/mol. The Hall–Kier alpha value is -1.23. The zero-order valence-electron chi connectivity index (χ0n) is 8.53. The second kappa shape index (κ2) is 4.53. The van der Waals surface area contributed by atoms with E-state index in [9.17, 15) is 0 Å². The summed E-state index contributed by atoms with van der Waals surface area (Å²) in [4.78, 5) is 5.50. The van der Waals surface area contributed by atoms with Crippen LogP contribution in [0.4, 0.5) is 0 Å². The van der Waals surface area contributed by atoms with E-state index in [0.717, 1.165) is 15.4 Å². The SMILES string of the molecule is Cc1ccc(-c2ncc(CNN)s2)cc1. The Labute approximate surface area is 92.9 Å². The first-order chi connectivity index (χ1) is 7.29. The van der Waals surface area contributed by atoms with E-state index >= 15 is 0 Å². The van der Waals surface area contributed by atoms with Crippen LogP contribution in [0.2, 0.25) is 0 Å². The smallest absolute Gasteiger partial charge is 0.123 e. The van der Waals surface area contributed by atoms with Gasteiger partial charge in [-0.1, -0.05) is 29.8 Å². The Morgan fingerprint density at radius 1 is 1.33 bits per heavy atom. The molecule has 0 bridgehead atoms. The van der Waals surface area contributed by atoms with Gasteiger partial charge < -0.3 is 0 Å². The maximum absolute atomic E-state index is 5.26. The number of hydrogen-bond donors (Lipinski definition) is 2. The standard InChI is InChI=1S/C11H13N3S/c1-8-2-4-9(5-3-8)11-13-6-10(15-11)7-14-12/h2-6,14H,7,12H2,1H3. The molecule has 1 heterocycles. The molecule has 0 saturated carbocycles. The molecule has 4 heteroatoms. The highest BCUT2D eigenvalue weighted by atomic mass is 32.1. The van der Waals surface area contributed by atoms with Crippen LogP contribution < -0.4 is 11.3 Å². The van der Waals surface area contributed by atoms with Crippen molar-refractivity contribution in [1.29, 1.82) is 0 Å². The van der Waals surface area contributed by atoms with E-state index in [-0.39, 0.29) is 0 Å². The monoisotopic (exact) mass is 219 g/mol. The second-order valence-corrected chi connectivity index (χ2v) is 4.49. The van der Waals surface area contributed by atoms with Crippen molar-refractivity contribution in [3.63, 3.8) is 0 Å². The van der Waals surface area contributed by atoms with Gasteiger partial charge in [0.25, 0.3) is 0 Å². The first-order valence-corrected chi connectivity index (χ1v) is 5.56. The predicted octanol–water partition coefficient (Wildman–Crippen LogP) is 2.08. The summed E-state index contributed by atoms with van der Waals surface area (Å²) in [6, 6.07) is 8.37. The quantitative estimate of drug-likeness (QED) is 0.614. The molecule has 2 rings (SSSR count). The van der Waals surface area contributed by atoms with Crippen LogP contribution in [-0.2, 0) is 6.54 Å². The Morgan fingerprint density at radius 2 is 2.07 bits per heavy atom. The van der Waals surface area contributed by atoms with Crippen molar-refractivity contribution in [1.82, 2.24) is 10.4 Å². The van der Waals surface area contributed by atoms with Gasteiger partial charge in [-0.2, -0.15) is 0 Å². The van der Waals surface area contributed by atoms with Gasteiger partial charge >= 0.3 is 0 Å². The van der Waals surface area contributed by atoms with E-state index in [1.54, 1.807) is 11.3 Å². The van der Waals surface area contributed by atoms with Crippen LogP contribution in [0.1, 0.15) is 10.4 Å². The van der Waals surface area contributed by atoms with Crippen molar-refractivity contribution in [3.05, 3.63) is 40.9 Å². The fourth-order valence-electron chi connectivity index (χ4n) is 1.32. The minimum atomic E-state index is 0.670. The molecule has 0 aliphatic rings. The van der Waals surface area contributed by atoms with Crippen LogP contribution in [0.5, 0.6) is 0 Å². The number of hydrazine groups is 1. The molecule has 0 radical (unpaired) electrons. The van der Waals surface area contributed by atoms with Gasteiger partial charge in [0.1, 0.15) is 5.01 Å². The number of thiazole rings is 1. The number of rotatable bonds is 3. The van der Waals surface area contributed by atoms with Gasteiger partial charge in [0.2, 0.25) is 0 Å². The summed E-state index contributed by atoms with van der Waals surface area (Å²) in [7, 11) is 0. The maximum Gasteiger partial charge on any atom is 0.123 e. The lowest BCUT2D eigenvalue weighted by atomic mass is 10.2. The minimum absolute atomic E-state index is 0.670. The van der Waals surface area contributed by atoms with Gasteiger partial charge in [-0.3, -0.25) is 11.3 Å². The molecule has 1 aromatic carbocycles. The molecule has 0 aliphatic heterocycles. The van der Waals surface area contributed by atoms with Crippen LogP contribution in [0, 0.1) is 6.92 Å². The molecule has 0 fully saturated rings. The summed E-state index contributed by atoms with van der Waals surface area (Å²) in [6.45, 7) is 2.75. The first kappa shape index (κ1) is 10.3. The highest BCUT2D eigenvalue weighted by molar-refractivity contribution is 7.15. The van der Waals surface area contributed by atoms with Crippen molar-refractivity contribution < 1.29 is 0 Å². The lowest BCUT2D eigenvalue weighted by Gasteiger charge is -1.96. The Balaban J connectivity index is 2.25. The first-order valence-electron chi connectivity index (χ1n) is 4.75. The Bertz CT molecular complexity index is 433. The van der Waals surface area contributed by atoms with Crippen LogP contribution in [0.15, 0.2) is 30.5 Å². The summed E-state index contributed by atoms with van der Waals surface area (Å²) in [5, 5.41) is 1.04. The second-order valence-electron chi connectivity index (χ2n) is 3.38. The van der Waals surface area contributed by atoms with E-state index in [1.807, 2.05) is 6.20 Å². The molecule has 3 nitrogen and oxygen atoms in total. The molecule has 0 atom stereocenters. The van der Waals surface area contributed by atoms with E-state index in [0.29, 0.717) is 6.54 Å². The molecular formula is C11H13N3S. The van der Waals surface area contributed by atoms with Gasteiger partial charge in [-0.15, -0.1) is 11.3 Å². The largest absolute Gasteiger partial charge is 0.271 e. The number of nitrogens with one attached hydrogen (secondary N) is 1. The topological polar surface area (TPSA) is 50.9 Å². The zero-order valence-corrected chi connectivity index (χ0v) is 9.34. The molecule has 0 unspecified atom stereocenters. The van der Waals surface area contributed by atoms with Gasteiger partial charge in [-0.25, -0.2) is 4.98 Å². The summed E-state index contributed by atoms with van der Waals surface area (Å²) in [5.74, 6) is 5.26. The third-order valence-electron chi connectivity index (χ3n) is 2.13. The van der Waals surface area contributed by atoms with E-state index < -0.39 is 0 Å². The van der Waals surface area contributed by atoms with Crippen molar-refractivity contribution in [3.8, 4) is 10.6 Å². The molecule has 0 saturated heterocycles. The number of nitrogens with two attached hydrogens (primary N) is 1. The van der Waals surface area contributed by atoms with Crippen LogP contribution >= 0.6 is 11.3 Å². The van der Waals surface area contributed by atoms with Crippen LogP contribution in [0.3, 0.4) is 0 Å². The molecule has 78 valence electrons. The fraction of sp³-hybridized carbons (Fsp3) is 0.182. The summed E-state index contributed by atoms with van der Waals surface area (Å²) < 4.78 is 0. The fourth-order valence-corrected chi connectivity index (χ4v) is 2.19. The van der Waals surface area contributed by atoms with Gasteiger partial charge in [-0.05, 0) is 6.92 Å². The van der Waals surface area contributed by atoms with E-state index in [4.69, 9.17) is 5.84 Å². The molecule has 2 aromatic rings. The molecule has 15 heavy (non-hydrogen) atoms. The average Bonchev–Trinajstić information content (AvgIpc) is 2.68. The third kappa shape index (κ3) is 2.41. The molecule has 0 spiro atoms. The molecule has 1 aromatic heterocycles. The number of nitrogens with zero attached hydrogens (tertiary/aromatic N) is 1. The molecule has 0 aliphatic carbocycles. The van der Waals surface area contributed by atoms with Gasteiger partial charge in [0.05, 0.1) is 0 Å². The number of hydrogen-bond acceptors (Lipinski definition) is 4. The normalized spacial score (nSPS) is 10.5. The lowest BCUT2D eigenvalue weighted by Crippen LogP contribution is -2.19. The lowest BCUT2D eigenvalue weighted by molar-refractivity contribution is 0.750. The average molecular weight is 219 g/mol. The zero-order chi connectivity index (χ0) is 10.7. The third-order valence-corrected chi connectivity index (χ3v) is 3.17. The van der Waals surface area contributed by atoms with Crippen molar-refractivity contribution >= 4 is 11.3 Å². The van der Waals surface area contributed by atoms with Crippen LogP contribution in [0.25, 0.3) is 10.6 Å². The van der Waals surface area contributed by atoms with Crippen molar-refractivity contribution in [2.24, 2.45) is 5.84 Å². The molecule has 3 N–H and O–H groups in total. The van der Waals surface area contributed by atoms with Crippen molar-refractivity contribution in [2.45, 2.75) is 13.5 Å². The van der Waals surface area contributed by atoms with E-state index in [1.165, 1.54) is 5.56 Å². The van der Waals surface area contributed by atoms with Gasteiger partial charge in [0, 0.05) is 23.2 Å². The number of benzene rings is 1. The maximum atomic E-state index is 5.26. The van der Waals surface area contributed by atoms with E-state index in [2.05, 4.69) is 41.6 Å². The predicted molar refractivity (Wildman–Crippen MR) is 63.3 cm³/mol. The summed E-state index contributed by atoms with van der Waals surface area (Å²) >= 11 is 1.66. The minimum Gasteiger partial charge on any atom is -0.271 e. The number of aromatic nitrogens is 1. The summed E-state index contributed by atoms with van der Waals surface area (Å²) in [6.07, 6.45) is 1.86.